The van der Waals surface area contributed by atoms with Crippen LogP contribution in [0, 0.1) is 0 Å². The van der Waals surface area contributed by atoms with Crippen LogP contribution in [0.4, 0.5) is 0 Å². The van der Waals surface area contributed by atoms with Gasteiger partial charge in [-0.3, -0.25) is 0 Å². The first-order valence-corrected chi connectivity index (χ1v) is 13.6. The Kier molecular flexibility index (Phi) is 6.04. The number of aromatic nitrogens is 6. The van der Waals surface area contributed by atoms with Crippen LogP contribution in [0.1, 0.15) is 85.5 Å². The summed E-state index contributed by atoms with van der Waals surface area (Å²) in [5, 5.41) is 28.3. The van der Waals surface area contributed by atoms with Crippen LogP contribution >= 0.6 is 0 Å². The number of nitrogens with zero attached hydrogens (tertiary/aromatic N) is 4. The van der Waals surface area contributed by atoms with E-state index in [1.165, 1.54) is 24.0 Å². The maximum absolute atomic E-state index is 4.39. The topological polar surface area (TPSA) is 119 Å². The predicted octanol–water partition coefficient (Wildman–Crippen LogP) is 4.27. The molecule has 4 aromatic rings. The van der Waals surface area contributed by atoms with Crippen LogP contribution in [0.5, 0.6) is 0 Å². The van der Waals surface area contributed by atoms with Crippen molar-refractivity contribution in [3.63, 3.8) is 0 Å². The minimum absolute atomic E-state index is 0.302. The summed E-state index contributed by atoms with van der Waals surface area (Å²) in [5.74, 6) is 3.56. The second-order valence-electron chi connectivity index (χ2n) is 10.5. The number of rotatable bonds is 6. The summed E-state index contributed by atoms with van der Waals surface area (Å²) in [6, 6.07) is 18.8. The van der Waals surface area contributed by atoms with Crippen molar-refractivity contribution in [2.75, 3.05) is 13.1 Å². The number of H-pyrrole nitrogens is 2. The molecule has 0 bridgehead atoms. The minimum atomic E-state index is 0.302. The molecule has 5 heterocycles. The van der Waals surface area contributed by atoms with E-state index >= 15 is 0 Å². The lowest BCUT2D eigenvalue weighted by Crippen LogP contribution is -2.17. The third kappa shape index (κ3) is 4.58. The van der Waals surface area contributed by atoms with Crippen molar-refractivity contribution in [2.45, 2.75) is 62.7 Å². The summed E-state index contributed by atoms with van der Waals surface area (Å²) in [7, 11) is 0. The van der Waals surface area contributed by atoms with Gasteiger partial charge in [-0.2, -0.15) is 0 Å². The Labute approximate surface area is 216 Å². The standard InChI is InChI=1S/C28H33N9/c1-3-23(29-15-1)27-32-25(34-36-27)19-9-5-17(6-10-19)21-13-14-22(31-21)18-7-11-20(12-8-18)26-33-28(37-35-26)24-4-2-16-30-24/h5-12,21-24,29-31H,1-4,13-16H2,(H,32,34,36)(H,33,35,37). The molecule has 0 saturated carbocycles. The number of aromatic amines is 2. The third-order valence-corrected chi connectivity index (χ3v) is 8.11. The van der Waals surface area contributed by atoms with E-state index in [0.29, 0.717) is 24.2 Å². The highest BCUT2D eigenvalue weighted by atomic mass is 15.2. The van der Waals surface area contributed by atoms with E-state index in [1.807, 2.05) is 0 Å². The van der Waals surface area contributed by atoms with Crippen molar-refractivity contribution >= 4 is 0 Å². The van der Waals surface area contributed by atoms with Crippen molar-refractivity contribution in [3.8, 4) is 22.8 Å². The van der Waals surface area contributed by atoms with Gasteiger partial charge in [0, 0.05) is 23.2 Å². The molecule has 3 aliphatic heterocycles. The fraction of sp³-hybridized carbons (Fsp3) is 0.429. The second-order valence-corrected chi connectivity index (χ2v) is 10.5. The first kappa shape index (κ1) is 22.8. The lowest BCUT2D eigenvalue weighted by Gasteiger charge is -2.16. The number of hydrogen-bond acceptors (Lipinski definition) is 7. The van der Waals surface area contributed by atoms with Crippen molar-refractivity contribution in [1.29, 1.82) is 0 Å². The highest BCUT2D eigenvalue weighted by Gasteiger charge is 2.27. The Morgan fingerprint density at radius 1 is 0.514 bits per heavy atom. The van der Waals surface area contributed by atoms with E-state index in [1.54, 1.807) is 0 Å². The second kappa shape index (κ2) is 9.81. The third-order valence-electron chi connectivity index (χ3n) is 8.11. The predicted molar refractivity (Wildman–Crippen MR) is 141 cm³/mol. The molecule has 7 rings (SSSR count). The van der Waals surface area contributed by atoms with E-state index < -0.39 is 0 Å². The van der Waals surface area contributed by atoms with Crippen LogP contribution < -0.4 is 16.0 Å². The maximum atomic E-state index is 4.39. The number of benzene rings is 2. The van der Waals surface area contributed by atoms with Crippen molar-refractivity contribution in [3.05, 3.63) is 71.3 Å². The Balaban J connectivity index is 0.990. The van der Waals surface area contributed by atoms with Gasteiger partial charge in [-0.15, -0.1) is 20.4 Å². The van der Waals surface area contributed by atoms with E-state index in [0.717, 1.165) is 73.2 Å². The molecule has 4 unspecified atom stereocenters. The van der Waals surface area contributed by atoms with Gasteiger partial charge in [0.25, 0.3) is 0 Å². The molecule has 37 heavy (non-hydrogen) atoms. The molecule has 5 N–H and O–H groups in total. The summed E-state index contributed by atoms with van der Waals surface area (Å²) in [6.45, 7) is 2.10. The Morgan fingerprint density at radius 2 is 0.973 bits per heavy atom. The van der Waals surface area contributed by atoms with Crippen LogP contribution in [0.25, 0.3) is 22.8 Å². The Bertz CT molecular complexity index is 1230. The van der Waals surface area contributed by atoms with Gasteiger partial charge < -0.3 is 25.9 Å². The molecule has 9 nitrogen and oxygen atoms in total. The van der Waals surface area contributed by atoms with Gasteiger partial charge in [0.2, 0.25) is 0 Å². The summed E-state index contributed by atoms with van der Waals surface area (Å²) in [4.78, 5) is 6.81. The van der Waals surface area contributed by atoms with Crippen LogP contribution in [0.15, 0.2) is 48.5 Å². The van der Waals surface area contributed by atoms with E-state index in [4.69, 9.17) is 0 Å². The number of hydrogen-bond donors (Lipinski definition) is 5. The summed E-state index contributed by atoms with van der Waals surface area (Å²) < 4.78 is 0. The minimum Gasteiger partial charge on any atom is -0.324 e. The quantitative estimate of drug-likeness (QED) is 0.271. The first-order chi connectivity index (χ1) is 18.3. The zero-order valence-corrected chi connectivity index (χ0v) is 20.9. The fourth-order valence-electron chi connectivity index (χ4n) is 5.97. The van der Waals surface area contributed by atoms with Crippen LogP contribution in [-0.4, -0.2) is 43.5 Å². The van der Waals surface area contributed by atoms with Gasteiger partial charge in [-0.25, -0.2) is 0 Å². The molecule has 190 valence electrons. The fourth-order valence-corrected chi connectivity index (χ4v) is 5.97. The normalized spacial score (nSPS) is 25.7. The largest absolute Gasteiger partial charge is 0.324 e. The van der Waals surface area contributed by atoms with Gasteiger partial charge in [0.1, 0.15) is 11.6 Å². The number of nitrogens with one attached hydrogen (secondary N) is 5. The SMILES string of the molecule is c1cc(C2CCC(c3ccc(-c4nnc(C5CCCN5)[nH]4)cc3)N2)ccc1-c1nnc(C2CCCN2)[nH]1. The molecular weight excluding hydrogens is 462 g/mol. The van der Waals surface area contributed by atoms with Crippen LogP contribution in [0.2, 0.25) is 0 Å². The van der Waals surface area contributed by atoms with Gasteiger partial charge >= 0.3 is 0 Å². The molecule has 3 fully saturated rings. The summed E-state index contributed by atoms with van der Waals surface area (Å²) in [6.07, 6.45) is 6.84. The lowest BCUT2D eigenvalue weighted by molar-refractivity contribution is 0.575. The molecule has 0 amide bonds. The molecule has 2 aromatic heterocycles. The van der Waals surface area contributed by atoms with Gasteiger partial charge in [0.15, 0.2) is 11.6 Å². The lowest BCUT2D eigenvalue weighted by atomic mass is 10.0. The van der Waals surface area contributed by atoms with Crippen molar-refractivity contribution in [1.82, 2.24) is 46.3 Å². The smallest absolute Gasteiger partial charge is 0.161 e. The summed E-state index contributed by atoms with van der Waals surface area (Å²) in [5.41, 5.74) is 4.78. The molecule has 0 spiro atoms. The molecular formula is C28H33N9. The highest BCUT2D eigenvalue weighted by molar-refractivity contribution is 5.56. The van der Waals surface area contributed by atoms with Crippen molar-refractivity contribution < 1.29 is 0 Å². The van der Waals surface area contributed by atoms with Gasteiger partial charge in [-0.1, -0.05) is 48.5 Å². The Morgan fingerprint density at radius 3 is 1.38 bits per heavy atom. The average Bonchev–Trinajstić information content (AvgIpc) is 3.77. The molecule has 0 aliphatic carbocycles. The molecule has 3 saturated heterocycles. The van der Waals surface area contributed by atoms with Crippen LogP contribution in [0.3, 0.4) is 0 Å². The molecule has 2 aromatic carbocycles. The monoisotopic (exact) mass is 495 g/mol. The Hall–Kier alpha value is -3.40. The zero-order valence-electron chi connectivity index (χ0n) is 20.9. The van der Waals surface area contributed by atoms with Crippen LogP contribution in [-0.2, 0) is 0 Å². The molecule has 3 aliphatic rings. The molecule has 0 radical (unpaired) electrons. The van der Waals surface area contributed by atoms with E-state index in [2.05, 4.69) is 94.8 Å². The highest BCUT2D eigenvalue weighted by Crippen LogP contribution is 2.35. The molecule has 4 atom stereocenters. The van der Waals surface area contributed by atoms with Crippen molar-refractivity contribution in [2.24, 2.45) is 0 Å². The zero-order chi connectivity index (χ0) is 24.6. The first-order valence-electron chi connectivity index (χ1n) is 13.6. The van der Waals surface area contributed by atoms with Gasteiger partial charge in [0.05, 0.1) is 12.1 Å². The van der Waals surface area contributed by atoms with E-state index in [9.17, 15) is 0 Å². The maximum Gasteiger partial charge on any atom is 0.161 e. The van der Waals surface area contributed by atoms with E-state index in [-0.39, 0.29) is 0 Å². The molecule has 9 heteroatoms. The average molecular weight is 496 g/mol. The van der Waals surface area contributed by atoms with Gasteiger partial charge in [-0.05, 0) is 62.7 Å². The summed E-state index contributed by atoms with van der Waals surface area (Å²) >= 11 is 0.